The van der Waals surface area contributed by atoms with Gasteiger partial charge in [0.05, 0.1) is 5.75 Å². The Morgan fingerprint density at radius 1 is 1.25 bits per heavy atom. The molecule has 2 nitrogen and oxygen atoms in total. The average molecular weight is 315 g/mol. The number of alkyl halides is 1. The lowest BCUT2D eigenvalue weighted by Crippen LogP contribution is -2.35. The number of hydrogen-bond acceptors (Lipinski definition) is 2. The topological polar surface area (TPSA) is 34.1 Å². The molecule has 0 N–H and O–H groups in total. The first-order chi connectivity index (χ1) is 9.53. The smallest absolute Gasteiger partial charge is 0.150 e. The zero-order valence-corrected chi connectivity index (χ0v) is 13.6. The summed E-state index contributed by atoms with van der Waals surface area (Å²) < 4.78 is 24.0. The van der Waals surface area contributed by atoms with Gasteiger partial charge in [-0.15, -0.1) is 11.6 Å². The summed E-state index contributed by atoms with van der Waals surface area (Å²) >= 11 is 6.28. The van der Waals surface area contributed by atoms with Crippen molar-refractivity contribution in [2.45, 2.75) is 44.4 Å². The second-order valence-corrected chi connectivity index (χ2v) is 8.40. The second kappa shape index (κ2) is 6.48. The summed E-state index contributed by atoms with van der Waals surface area (Å²) in [6, 6.07) is 8.36. The van der Waals surface area contributed by atoms with Gasteiger partial charge < -0.3 is 0 Å². The summed E-state index contributed by atoms with van der Waals surface area (Å²) in [5, 5.41) is 0. The summed E-state index contributed by atoms with van der Waals surface area (Å²) in [6.45, 7) is 1.91. The highest BCUT2D eigenvalue weighted by molar-refractivity contribution is 7.91. The highest BCUT2D eigenvalue weighted by Gasteiger charge is 2.36. The molecule has 1 aliphatic rings. The van der Waals surface area contributed by atoms with Crippen molar-refractivity contribution in [3.05, 3.63) is 35.4 Å². The highest BCUT2D eigenvalue weighted by atomic mass is 35.5. The fraction of sp³-hybridized carbons (Fsp3) is 0.625. The van der Waals surface area contributed by atoms with Gasteiger partial charge in [0.15, 0.2) is 0 Å². The van der Waals surface area contributed by atoms with Crippen LogP contribution in [0.5, 0.6) is 0 Å². The molecule has 2 rings (SSSR count). The van der Waals surface area contributed by atoms with Gasteiger partial charge in [0.25, 0.3) is 0 Å². The standard InChI is InChI=1S/C16H23ClO2S/c1-2-11-20(18,19)12-10-16(13-17)9-5-7-14-6-3-4-8-15(14)16/h3-4,6,8H,2,5,7,9-13H2,1H3. The third-order valence-corrected chi connectivity index (χ3v) is 6.72. The van der Waals surface area contributed by atoms with Gasteiger partial charge in [0, 0.05) is 17.0 Å². The van der Waals surface area contributed by atoms with Gasteiger partial charge in [-0.3, -0.25) is 0 Å². The van der Waals surface area contributed by atoms with Crippen LogP contribution >= 0.6 is 11.6 Å². The Labute approximate surface area is 127 Å². The first-order valence-electron chi connectivity index (χ1n) is 7.38. The Hall–Kier alpha value is -0.540. The van der Waals surface area contributed by atoms with E-state index in [9.17, 15) is 8.42 Å². The fourth-order valence-corrected chi connectivity index (χ4v) is 5.18. The molecule has 20 heavy (non-hydrogen) atoms. The number of fused-ring (bicyclic) bond motifs is 1. The number of hydrogen-bond donors (Lipinski definition) is 0. The molecule has 1 atom stereocenters. The minimum absolute atomic E-state index is 0.156. The van der Waals surface area contributed by atoms with Crippen molar-refractivity contribution in [3.63, 3.8) is 0 Å². The largest absolute Gasteiger partial charge is 0.229 e. The maximum absolute atomic E-state index is 12.0. The van der Waals surface area contributed by atoms with Gasteiger partial charge in [0.1, 0.15) is 9.84 Å². The van der Waals surface area contributed by atoms with Crippen molar-refractivity contribution >= 4 is 21.4 Å². The van der Waals surface area contributed by atoms with Crippen molar-refractivity contribution in [2.75, 3.05) is 17.4 Å². The molecule has 0 aliphatic heterocycles. The molecule has 1 aromatic carbocycles. The van der Waals surface area contributed by atoms with Crippen LogP contribution in [-0.4, -0.2) is 25.8 Å². The lowest BCUT2D eigenvalue weighted by atomic mass is 9.69. The molecule has 112 valence electrons. The zero-order chi connectivity index (χ0) is 14.6. The van der Waals surface area contributed by atoms with Gasteiger partial charge in [0.2, 0.25) is 0 Å². The maximum Gasteiger partial charge on any atom is 0.150 e. The van der Waals surface area contributed by atoms with Crippen LogP contribution in [0.3, 0.4) is 0 Å². The predicted molar refractivity (Wildman–Crippen MR) is 85.3 cm³/mol. The number of benzene rings is 1. The summed E-state index contributed by atoms with van der Waals surface area (Å²) in [6.07, 6.45) is 4.51. The molecule has 0 saturated carbocycles. The predicted octanol–water partition coefficient (Wildman–Crippen LogP) is 3.71. The molecule has 0 saturated heterocycles. The lowest BCUT2D eigenvalue weighted by molar-refractivity contribution is 0.386. The zero-order valence-electron chi connectivity index (χ0n) is 12.1. The lowest BCUT2D eigenvalue weighted by Gasteiger charge is -2.38. The van der Waals surface area contributed by atoms with Crippen LogP contribution in [0, 0.1) is 0 Å². The molecule has 1 unspecified atom stereocenters. The van der Waals surface area contributed by atoms with Crippen LogP contribution in [0.2, 0.25) is 0 Å². The van der Waals surface area contributed by atoms with E-state index in [0.29, 0.717) is 18.7 Å². The van der Waals surface area contributed by atoms with E-state index >= 15 is 0 Å². The third-order valence-electron chi connectivity index (χ3n) is 4.35. The third kappa shape index (κ3) is 3.37. The van der Waals surface area contributed by atoms with Crippen LogP contribution in [0.4, 0.5) is 0 Å². The van der Waals surface area contributed by atoms with Crippen LogP contribution in [0.15, 0.2) is 24.3 Å². The van der Waals surface area contributed by atoms with Crippen molar-refractivity contribution in [2.24, 2.45) is 0 Å². The molecule has 1 aliphatic carbocycles. The molecule has 0 bridgehead atoms. The Balaban J connectivity index is 2.23. The molecule has 0 fully saturated rings. The van der Waals surface area contributed by atoms with Crippen molar-refractivity contribution in [1.82, 2.24) is 0 Å². The van der Waals surface area contributed by atoms with Crippen LogP contribution in [0.1, 0.15) is 43.7 Å². The summed E-state index contributed by atoms with van der Waals surface area (Å²) in [5.41, 5.74) is 2.46. The van der Waals surface area contributed by atoms with Gasteiger partial charge in [-0.25, -0.2) is 8.42 Å². The van der Waals surface area contributed by atoms with E-state index in [1.165, 1.54) is 11.1 Å². The quantitative estimate of drug-likeness (QED) is 0.750. The summed E-state index contributed by atoms with van der Waals surface area (Å²) in [7, 11) is -2.94. The van der Waals surface area contributed by atoms with Gasteiger partial charge >= 0.3 is 0 Å². The summed E-state index contributed by atoms with van der Waals surface area (Å²) in [5.74, 6) is 1.04. The van der Waals surface area contributed by atoms with Gasteiger partial charge in [-0.05, 0) is 43.2 Å². The van der Waals surface area contributed by atoms with E-state index in [-0.39, 0.29) is 16.9 Å². The SMILES string of the molecule is CCCS(=O)(=O)CCC1(CCl)CCCc2ccccc21. The van der Waals surface area contributed by atoms with Crippen molar-refractivity contribution in [3.8, 4) is 0 Å². The number of rotatable bonds is 6. The number of aryl methyl sites for hydroxylation is 1. The molecule has 0 spiro atoms. The molecule has 0 aromatic heterocycles. The normalized spacial score (nSPS) is 22.5. The molecular formula is C16H23ClO2S. The van der Waals surface area contributed by atoms with E-state index in [1.54, 1.807) is 0 Å². The highest BCUT2D eigenvalue weighted by Crippen LogP contribution is 2.41. The van der Waals surface area contributed by atoms with Crippen molar-refractivity contribution < 1.29 is 8.42 Å². The second-order valence-electron chi connectivity index (χ2n) is 5.83. The Morgan fingerprint density at radius 3 is 2.70 bits per heavy atom. The fourth-order valence-electron chi connectivity index (χ4n) is 3.24. The number of sulfone groups is 1. The Kier molecular flexibility index (Phi) is 5.14. The van der Waals surface area contributed by atoms with Crippen LogP contribution < -0.4 is 0 Å². The molecule has 0 amide bonds. The maximum atomic E-state index is 12.0. The molecule has 1 aromatic rings. The van der Waals surface area contributed by atoms with Crippen LogP contribution in [0.25, 0.3) is 0 Å². The number of halogens is 1. The minimum atomic E-state index is -2.94. The van der Waals surface area contributed by atoms with Crippen molar-refractivity contribution in [1.29, 1.82) is 0 Å². The van der Waals surface area contributed by atoms with E-state index in [2.05, 4.69) is 18.2 Å². The first kappa shape index (κ1) is 15.8. The molecule has 4 heteroatoms. The minimum Gasteiger partial charge on any atom is -0.229 e. The van der Waals surface area contributed by atoms with E-state index in [0.717, 1.165) is 19.3 Å². The molecule has 0 radical (unpaired) electrons. The van der Waals surface area contributed by atoms with E-state index < -0.39 is 9.84 Å². The Morgan fingerprint density at radius 2 is 2.00 bits per heavy atom. The van der Waals surface area contributed by atoms with Gasteiger partial charge in [-0.2, -0.15) is 0 Å². The molecular weight excluding hydrogens is 292 g/mol. The first-order valence-corrected chi connectivity index (χ1v) is 9.73. The summed E-state index contributed by atoms with van der Waals surface area (Å²) in [4.78, 5) is 0. The monoisotopic (exact) mass is 314 g/mol. The van der Waals surface area contributed by atoms with E-state index in [1.807, 2.05) is 13.0 Å². The van der Waals surface area contributed by atoms with Gasteiger partial charge in [-0.1, -0.05) is 31.2 Å². The average Bonchev–Trinajstić information content (AvgIpc) is 2.45. The van der Waals surface area contributed by atoms with Crippen LogP contribution in [-0.2, 0) is 21.7 Å². The Bertz CT molecular complexity index is 553. The van der Waals surface area contributed by atoms with E-state index in [4.69, 9.17) is 11.6 Å². The molecule has 0 heterocycles.